The van der Waals surface area contributed by atoms with Crippen molar-refractivity contribution in [3.63, 3.8) is 0 Å². The topological polar surface area (TPSA) is 71.1 Å². The quantitative estimate of drug-likeness (QED) is 0.745. The minimum Gasteiger partial charge on any atom is -0.362 e. The first-order chi connectivity index (χ1) is 14.8. The molecule has 0 fully saturated rings. The van der Waals surface area contributed by atoms with Crippen molar-refractivity contribution in [2.75, 3.05) is 5.32 Å². The van der Waals surface area contributed by atoms with Crippen LogP contribution in [0.5, 0.6) is 0 Å². The Bertz CT molecular complexity index is 1100. The number of amides is 1. The molecule has 0 saturated heterocycles. The molecule has 1 aliphatic carbocycles. The van der Waals surface area contributed by atoms with Crippen LogP contribution in [0.15, 0.2) is 71.3 Å². The summed E-state index contributed by atoms with van der Waals surface area (Å²) >= 11 is 0. The van der Waals surface area contributed by atoms with Gasteiger partial charge in [-0.1, -0.05) is 18.2 Å². The molecule has 0 bridgehead atoms. The maximum absolute atomic E-state index is 13.9. The van der Waals surface area contributed by atoms with Crippen LogP contribution in [-0.2, 0) is 15.8 Å². The maximum Gasteiger partial charge on any atom is 0.416 e. The van der Waals surface area contributed by atoms with Crippen molar-refractivity contribution in [3.05, 3.63) is 82.5 Å². The molecule has 0 saturated carbocycles. The Morgan fingerprint density at radius 1 is 1.16 bits per heavy atom. The fourth-order valence-corrected chi connectivity index (χ4v) is 4.24. The number of alkyl halides is 3. The number of allylic oxidation sites excluding steroid dienone is 3. The predicted octanol–water partition coefficient (Wildman–Crippen LogP) is 4.71. The van der Waals surface area contributed by atoms with Gasteiger partial charge in [0.1, 0.15) is 0 Å². The Morgan fingerprint density at radius 2 is 1.94 bits per heavy atom. The van der Waals surface area contributed by atoms with E-state index in [1.165, 1.54) is 24.4 Å². The van der Waals surface area contributed by atoms with E-state index >= 15 is 0 Å². The zero-order valence-electron chi connectivity index (χ0n) is 16.7. The average Bonchev–Trinajstić information content (AvgIpc) is 2.73. The van der Waals surface area contributed by atoms with Gasteiger partial charge in [-0.3, -0.25) is 14.6 Å². The van der Waals surface area contributed by atoms with Gasteiger partial charge in [-0.2, -0.15) is 13.2 Å². The number of benzene rings is 1. The van der Waals surface area contributed by atoms with Crippen LogP contribution in [0.2, 0.25) is 0 Å². The van der Waals surface area contributed by atoms with Crippen LogP contribution in [0.3, 0.4) is 0 Å². The zero-order valence-corrected chi connectivity index (χ0v) is 16.7. The summed E-state index contributed by atoms with van der Waals surface area (Å²) < 4.78 is 41.6. The third kappa shape index (κ3) is 3.97. The largest absolute Gasteiger partial charge is 0.416 e. The first kappa shape index (κ1) is 20.8. The van der Waals surface area contributed by atoms with E-state index in [1.54, 1.807) is 25.3 Å². The number of carbonyl (C=O) groups excluding carboxylic acids is 2. The standard InChI is InChI=1S/C23H20F3N3O2/c1-13-19(22(31)29-14-6-5-11-27-12-14)20(21-17(28-13)9-4-10-18(21)30)15-7-2-3-8-16(15)23(24,25)26/h2-3,5-8,11-12,20,28H,4,9-10H2,1H3,(H,29,31)/t20-/m0/s1. The van der Waals surface area contributed by atoms with Crippen LogP contribution in [0.1, 0.15) is 43.2 Å². The highest BCUT2D eigenvalue weighted by atomic mass is 19.4. The van der Waals surface area contributed by atoms with Crippen molar-refractivity contribution in [2.45, 2.75) is 38.3 Å². The number of pyridine rings is 1. The number of aromatic nitrogens is 1. The van der Waals surface area contributed by atoms with E-state index in [0.29, 0.717) is 29.9 Å². The van der Waals surface area contributed by atoms with Gasteiger partial charge in [0.05, 0.1) is 17.4 Å². The van der Waals surface area contributed by atoms with Gasteiger partial charge >= 0.3 is 6.18 Å². The van der Waals surface area contributed by atoms with Crippen LogP contribution < -0.4 is 10.6 Å². The summed E-state index contributed by atoms with van der Waals surface area (Å²) in [7, 11) is 0. The van der Waals surface area contributed by atoms with Gasteiger partial charge in [-0.15, -0.1) is 0 Å². The van der Waals surface area contributed by atoms with E-state index in [9.17, 15) is 22.8 Å². The number of nitrogens with zero attached hydrogens (tertiary/aromatic N) is 1. The van der Waals surface area contributed by atoms with Crippen molar-refractivity contribution >= 4 is 17.4 Å². The molecule has 2 heterocycles. The lowest BCUT2D eigenvalue weighted by Gasteiger charge is -2.35. The molecule has 1 amide bonds. The molecule has 1 aromatic carbocycles. The third-order valence-electron chi connectivity index (χ3n) is 5.52. The molecule has 8 heteroatoms. The second-order valence-electron chi connectivity index (χ2n) is 7.55. The minimum atomic E-state index is -4.63. The zero-order chi connectivity index (χ0) is 22.2. The highest BCUT2D eigenvalue weighted by Gasteiger charge is 2.43. The summed E-state index contributed by atoms with van der Waals surface area (Å²) in [5, 5.41) is 5.80. The molecule has 2 aromatic rings. The summed E-state index contributed by atoms with van der Waals surface area (Å²) in [6.45, 7) is 1.64. The average molecular weight is 427 g/mol. The number of anilines is 1. The number of halogens is 3. The van der Waals surface area contributed by atoms with Crippen LogP contribution in [-0.4, -0.2) is 16.7 Å². The van der Waals surface area contributed by atoms with Gasteiger partial charge < -0.3 is 10.6 Å². The van der Waals surface area contributed by atoms with Crippen molar-refractivity contribution < 1.29 is 22.8 Å². The lowest BCUT2D eigenvalue weighted by molar-refractivity contribution is -0.138. The molecule has 1 atom stereocenters. The fourth-order valence-electron chi connectivity index (χ4n) is 4.24. The number of Topliss-reactive ketones (excluding diaryl/α,β-unsaturated/α-hetero) is 1. The first-order valence-corrected chi connectivity index (χ1v) is 9.89. The Hall–Kier alpha value is -3.42. The van der Waals surface area contributed by atoms with E-state index in [-0.39, 0.29) is 28.9 Å². The molecule has 5 nitrogen and oxygen atoms in total. The number of ketones is 1. The molecule has 0 spiro atoms. The van der Waals surface area contributed by atoms with Crippen molar-refractivity contribution in [2.24, 2.45) is 0 Å². The van der Waals surface area contributed by atoms with Crippen LogP contribution in [0.4, 0.5) is 18.9 Å². The Morgan fingerprint density at radius 3 is 2.65 bits per heavy atom. The first-order valence-electron chi connectivity index (χ1n) is 9.89. The van der Waals surface area contributed by atoms with Crippen LogP contribution in [0, 0.1) is 0 Å². The smallest absolute Gasteiger partial charge is 0.362 e. The van der Waals surface area contributed by atoms with Gasteiger partial charge in [0.25, 0.3) is 5.91 Å². The monoisotopic (exact) mass is 427 g/mol. The van der Waals surface area contributed by atoms with Gasteiger partial charge in [-0.05, 0) is 43.5 Å². The summed E-state index contributed by atoms with van der Waals surface area (Å²) in [6, 6.07) is 8.39. The number of rotatable bonds is 3. The molecular weight excluding hydrogens is 407 g/mol. The predicted molar refractivity (Wildman–Crippen MR) is 109 cm³/mol. The maximum atomic E-state index is 13.9. The fraction of sp³-hybridized carbons (Fsp3) is 0.261. The van der Waals surface area contributed by atoms with E-state index in [2.05, 4.69) is 15.6 Å². The van der Waals surface area contributed by atoms with E-state index < -0.39 is 23.6 Å². The summed E-state index contributed by atoms with van der Waals surface area (Å²) in [5.74, 6) is -1.93. The normalized spacial score (nSPS) is 19.1. The molecular formula is C23H20F3N3O2. The highest BCUT2D eigenvalue weighted by molar-refractivity contribution is 6.09. The van der Waals surface area contributed by atoms with Crippen molar-refractivity contribution in [3.8, 4) is 0 Å². The molecule has 4 rings (SSSR count). The highest BCUT2D eigenvalue weighted by Crippen LogP contribution is 2.46. The van der Waals surface area contributed by atoms with E-state index in [0.717, 1.165) is 6.07 Å². The third-order valence-corrected chi connectivity index (χ3v) is 5.52. The Kier molecular flexibility index (Phi) is 5.39. The molecule has 0 radical (unpaired) electrons. The lowest BCUT2D eigenvalue weighted by Crippen LogP contribution is -2.36. The SMILES string of the molecule is CC1=C(C(=O)Nc2cccnc2)[C@H](c2ccccc2C(F)(F)F)C2=C(CCCC2=O)N1. The Labute approximate surface area is 177 Å². The molecule has 160 valence electrons. The van der Waals surface area contributed by atoms with Crippen molar-refractivity contribution in [1.29, 1.82) is 0 Å². The van der Waals surface area contributed by atoms with E-state index in [1.807, 2.05) is 0 Å². The van der Waals surface area contributed by atoms with Gasteiger partial charge in [0.15, 0.2) is 5.78 Å². The number of dihydropyridines is 1. The summed E-state index contributed by atoms with van der Waals surface area (Å²) in [5.41, 5.74) is 0.803. The summed E-state index contributed by atoms with van der Waals surface area (Å²) in [6.07, 6.45) is -0.244. The van der Waals surface area contributed by atoms with Crippen molar-refractivity contribution in [1.82, 2.24) is 10.3 Å². The minimum absolute atomic E-state index is 0.0922. The number of hydrogen-bond donors (Lipinski definition) is 2. The summed E-state index contributed by atoms with van der Waals surface area (Å²) in [4.78, 5) is 30.1. The number of carbonyl (C=O) groups is 2. The molecule has 0 unspecified atom stereocenters. The molecule has 2 N–H and O–H groups in total. The number of hydrogen-bond acceptors (Lipinski definition) is 4. The van der Waals surface area contributed by atoms with Gasteiger partial charge in [0, 0.05) is 41.1 Å². The molecule has 2 aliphatic rings. The lowest BCUT2D eigenvalue weighted by atomic mass is 9.73. The Balaban J connectivity index is 1.88. The second kappa shape index (κ2) is 8.02. The second-order valence-corrected chi connectivity index (χ2v) is 7.55. The number of nitrogens with one attached hydrogen (secondary N) is 2. The molecule has 1 aromatic heterocycles. The molecule has 1 aliphatic heterocycles. The van der Waals surface area contributed by atoms with Crippen LogP contribution >= 0.6 is 0 Å². The van der Waals surface area contributed by atoms with Gasteiger partial charge in [0.2, 0.25) is 0 Å². The molecule has 31 heavy (non-hydrogen) atoms. The van der Waals surface area contributed by atoms with E-state index in [4.69, 9.17) is 0 Å². The van der Waals surface area contributed by atoms with Crippen LogP contribution in [0.25, 0.3) is 0 Å². The van der Waals surface area contributed by atoms with Gasteiger partial charge in [-0.25, -0.2) is 0 Å².